The Morgan fingerprint density at radius 2 is 1.00 bits per heavy atom. The highest BCUT2D eigenvalue weighted by Crippen LogP contribution is 2.32. The van der Waals surface area contributed by atoms with E-state index >= 15 is 0 Å². The molecule has 0 aromatic carbocycles. The second-order valence-corrected chi connectivity index (χ2v) is 9.61. The normalized spacial score (nSPS) is 37.1. The molecule has 6 atom stereocenters. The molecule has 3 aliphatic carbocycles. The van der Waals surface area contributed by atoms with Crippen LogP contribution in [0.3, 0.4) is 0 Å². The zero-order valence-electron chi connectivity index (χ0n) is 18.4. The number of rotatable bonds is 10. The van der Waals surface area contributed by atoms with Crippen LogP contribution >= 0.6 is 0 Å². The van der Waals surface area contributed by atoms with E-state index in [1.807, 2.05) is 14.2 Å². The summed E-state index contributed by atoms with van der Waals surface area (Å²) in [5.74, 6) is 2.64. The van der Waals surface area contributed by atoms with Gasteiger partial charge in [-0.1, -0.05) is 32.1 Å². The summed E-state index contributed by atoms with van der Waals surface area (Å²) < 4.78 is 23.7. The van der Waals surface area contributed by atoms with Crippen molar-refractivity contribution in [2.75, 3.05) is 40.6 Å². The monoisotopic (exact) mass is 396 g/mol. The summed E-state index contributed by atoms with van der Waals surface area (Å²) in [5, 5.41) is 0. The van der Waals surface area contributed by atoms with E-state index in [1.165, 1.54) is 77.0 Å². The van der Waals surface area contributed by atoms with Crippen molar-refractivity contribution in [3.63, 3.8) is 0 Å². The minimum Gasteiger partial charge on any atom is -0.381 e. The lowest BCUT2D eigenvalue weighted by Crippen LogP contribution is -2.32. The Bertz CT molecular complexity index is 379. The van der Waals surface area contributed by atoms with E-state index in [-0.39, 0.29) is 0 Å². The van der Waals surface area contributed by atoms with Crippen LogP contribution in [-0.4, -0.2) is 52.9 Å². The molecular weight excluding hydrogens is 352 g/mol. The van der Waals surface area contributed by atoms with Gasteiger partial charge in [0.15, 0.2) is 0 Å². The topological polar surface area (TPSA) is 36.9 Å². The predicted octanol–water partition coefficient (Wildman–Crippen LogP) is 5.24. The molecule has 0 radical (unpaired) electrons. The van der Waals surface area contributed by atoms with E-state index in [0.29, 0.717) is 35.9 Å². The summed E-state index contributed by atoms with van der Waals surface area (Å²) in [5.41, 5.74) is 0. The minimum absolute atomic E-state index is 0.414. The Morgan fingerprint density at radius 1 is 0.536 bits per heavy atom. The van der Waals surface area contributed by atoms with Crippen LogP contribution in [0.4, 0.5) is 0 Å². The van der Waals surface area contributed by atoms with Crippen molar-refractivity contribution in [2.45, 2.75) is 89.3 Å². The molecule has 4 heteroatoms. The summed E-state index contributed by atoms with van der Waals surface area (Å²) in [6.07, 6.45) is 16.3. The summed E-state index contributed by atoms with van der Waals surface area (Å²) >= 11 is 0. The van der Waals surface area contributed by atoms with Gasteiger partial charge in [0.05, 0.1) is 25.4 Å². The first-order valence-electron chi connectivity index (χ1n) is 12.0. The molecule has 3 aliphatic rings. The highest BCUT2D eigenvalue weighted by molar-refractivity contribution is 4.78. The first kappa shape index (κ1) is 22.5. The average molecular weight is 397 g/mol. The third-order valence-corrected chi connectivity index (χ3v) is 7.55. The second-order valence-electron chi connectivity index (χ2n) is 9.61. The Hall–Kier alpha value is -0.160. The fourth-order valence-corrected chi connectivity index (χ4v) is 5.83. The van der Waals surface area contributed by atoms with Crippen molar-refractivity contribution < 1.29 is 18.9 Å². The van der Waals surface area contributed by atoms with Gasteiger partial charge in [-0.2, -0.15) is 0 Å². The van der Waals surface area contributed by atoms with Gasteiger partial charge >= 0.3 is 0 Å². The smallest absolute Gasteiger partial charge is 0.0621 e. The molecule has 0 aromatic heterocycles. The number of hydrogen-bond acceptors (Lipinski definition) is 4. The van der Waals surface area contributed by atoms with Gasteiger partial charge in [-0.05, 0) is 56.8 Å². The molecular formula is C24H44O4. The SMILES string of the molecule is COC1CCCCC1COCC1CCCC(COCC2CCCCC2OC)C1. The van der Waals surface area contributed by atoms with E-state index in [0.717, 1.165) is 26.4 Å². The molecule has 164 valence electrons. The zero-order valence-corrected chi connectivity index (χ0v) is 18.4. The predicted molar refractivity (Wildman–Crippen MR) is 113 cm³/mol. The lowest BCUT2D eigenvalue weighted by atomic mass is 9.82. The minimum atomic E-state index is 0.414. The van der Waals surface area contributed by atoms with Gasteiger partial charge in [0.1, 0.15) is 0 Å². The molecule has 28 heavy (non-hydrogen) atoms. The van der Waals surface area contributed by atoms with Gasteiger partial charge in [0.25, 0.3) is 0 Å². The van der Waals surface area contributed by atoms with Gasteiger partial charge in [-0.15, -0.1) is 0 Å². The second kappa shape index (κ2) is 12.5. The highest BCUT2D eigenvalue weighted by atomic mass is 16.5. The summed E-state index contributed by atoms with van der Waals surface area (Å²) in [6, 6.07) is 0. The average Bonchev–Trinajstić information content (AvgIpc) is 2.75. The van der Waals surface area contributed by atoms with Crippen LogP contribution < -0.4 is 0 Å². The first-order valence-corrected chi connectivity index (χ1v) is 12.0. The maximum Gasteiger partial charge on any atom is 0.0621 e. The third-order valence-electron chi connectivity index (χ3n) is 7.55. The van der Waals surface area contributed by atoms with Gasteiger partial charge in [-0.25, -0.2) is 0 Å². The van der Waals surface area contributed by atoms with Crippen LogP contribution in [-0.2, 0) is 18.9 Å². The number of ether oxygens (including phenoxy) is 4. The van der Waals surface area contributed by atoms with Crippen LogP contribution in [0, 0.1) is 23.7 Å². The van der Waals surface area contributed by atoms with E-state index in [1.54, 1.807) is 0 Å². The molecule has 0 saturated heterocycles. The molecule has 0 heterocycles. The van der Waals surface area contributed by atoms with Crippen molar-refractivity contribution in [1.82, 2.24) is 0 Å². The number of methoxy groups -OCH3 is 2. The van der Waals surface area contributed by atoms with E-state index in [4.69, 9.17) is 18.9 Å². The van der Waals surface area contributed by atoms with E-state index in [2.05, 4.69) is 0 Å². The molecule has 6 unspecified atom stereocenters. The summed E-state index contributed by atoms with van der Waals surface area (Å²) in [6.45, 7) is 3.63. The molecule has 0 spiro atoms. The van der Waals surface area contributed by atoms with Crippen LogP contribution in [0.2, 0.25) is 0 Å². The van der Waals surface area contributed by atoms with Crippen LogP contribution in [0.5, 0.6) is 0 Å². The van der Waals surface area contributed by atoms with Gasteiger partial charge in [0.2, 0.25) is 0 Å². The molecule has 3 saturated carbocycles. The molecule has 0 amide bonds. The van der Waals surface area contributed by atoms with Crippen molar-refractivity contribution in [3.05, 3.63) is 0 Å². The van der Waals surface area contributed by atoms with Crippen molar-refractivity contribution >= 4 is 0 Å². The quantitative estimate of drug-likeness (QED) is 0.506. The molecule has 3 fully saturated rings. The van der Waals surface area contributed by atoms with Gasteiger partial charge in [-0.3, -0.25) is 0 Å². The molecule has 0 bridgehead atoms. The summed E-state index contributed by atoms with van der Waals surface area (Å²) in [7, 11) is 3.72. The van der Waals surface area contributed by atoms with Crippen molar-refractivity contribution in [3.8, 4) is 0 Å². The zero-order chi connectivity index (χ0) is 19.6. The Balaban J connectivity index is 1.30. The summed E-state index contributed by atoms with van der Waals surface area (Å²) in [4.78, 5) is 0. The highest BCUT2D eigenvalue weighted by Gasteiger charge is 2.28. The largest absolute Gasteiger partial charge is 0.381 e. The fraction of sp³-hybridized carbons (Fsp3) is 1.00. The maximum absolute atomic E-state index is 6.18. The first-order chi connectivity index (χ1) is 13.8. The Labute approximate surface area is 173 Å². The van der Waals surface area contributed by atoms with Crippen LogP contribution in [0.25, 0.3) is 0 Å². The fourth-order valence-electron chi connectivity index (χ4n) is 5.83. The Morgan fingerprint density at radius 3 is 1.46 bits per heavy atom. The van der Waals surface area contributed by atoms with Gasteiger partial charge in [0, 0.05) is 39.3 Å². The molecule has 0 aliphatic heterocycles. The number of hydrogen-bond donors (Lipinski definition) is 0. The lowest BCUT2D eigenvalue weighted by Gasteiger charge is -2.33. The van der Waals surface area contributed by atoms with Gasteiger partial charge < -0.3 is 18.9 Å². The van der Waals surface area contributed by atoms with Crippen molar-refractivity contribution in [1.29, 1.82) is 0 Å². The molecule has 0 N–H and O–H groups in total. The maximum atomic E-state index is 6.18. The molecule has 4 nitrogen and oxygen atoms in total. The molecule has 0 aromatic rings. The Kier molecular flexibility index (Phi) is 10.1. The standard InChI is InChI=1S/C24H44O4/c1-25-23-12-5-3-10-21(23)17-27-15-19-8-7-9-20(14-19)16-28-18-22-11-4-6-13-24(22)26-2/h19-24H,3-18H2,1-2H3. The van der Waals surface area contributed by atoms with E-state index in [9.17, 15) is 0 Å². The molecule has 3 rings (SSSR count). The van der Waals surface area contributed by atoms with E-state index < -0.39 is 0 Å². The van der Waals surface area contributed by atoms with Crippen LogP contribution in [0.1, 0.15) is 77.0 Å². The van der Waals surface area contributed by atoms with Crippen molar-refractivity contribution in [2.24, 2.45) is 23.7 Å². The lowest BCUT2D eigenvalue weighted by molar-refractivity contribution is -0.0400. The van der Waals surface area contributed by atoms with Crippen LogP contribution in [0.15, 0.2) is 0 Å². The third kappa shape index (κ3) is 6.97.